The van der Waals surface area contributed by atoms with Crippen LogP contribution >= 0.6 is 11.9 Å². The van der Waals surface area contributed by atoms with E-state index in [1.54, 1.807) is 11.9 Å². The minimum Gasteiger partial charge on any atom is -0.493 e. The van der Waals surface area contributed by atoms with Gasteiger partial charge in [0.2, 0.25) is 0 Å². The molecule has 1 fully saturated rings. The molecule has 1 aliphatic heterocycles. The van der Waals surface area contributed by atoms with Crippen LogP contribution in [0.15, 0.2) is 48.7 Å². The molecule has 4 nitrogen and oxygen atoms in total. The van der Waals surface area contributed by atoms with Gasteiger partial charge in [-0.15, -0.1) is 0 Å². The third kappa shape index (κ3) is 5.23. The Hall–Kier alpha value is -2.32. The molecule has 8 heteroatoms. The first-order chi connectivity index (χ1) is 14.5. The molecule has 0 amide bonds. The zero-order valence-electron chi connectivity index (χ0n) is 16.3. The van der Waals surface area contributed by atoms with Crippen molar-refractivity contribution in [3.05, 3.63) is 59.8 Å². The number of hydrogen-bond acceptors (Lipinski definition) is 4. The third-order valence-corrected chi connectivity index (χ3v) is 6.23. The average molecular weight is 436 g/mol. The Bertz CT molecular complexity index is 967. The minimum atomic E-state index is -4.33. The average Bonchev–Trinajstić information content (AvgIpc) is 3.15. The van der Waals surface area contributed by atoms with E-state index < -0.39 is 11.7 Å². The second kappa shape index (κ2) is 9.22. The molecule has 4 rings (SSSR count). The lowest BCUT2D eigenvalue weighted by Gasteiger charge is -2.21. The Morgan fingerprint density at radius 1 is 1.10 bits per heavy atom. The molecule has 1 aromatic heterocycles. The molecule has 0 bridgehead atoms. The lowest BCUT2D eigenvalue weighted by molar-refractivity contribution is -0.137. The van der Waals surface area contributed by atoms with Crippen LogP contribution in [0.3, 0.4) is 0 Å². The van der Waals surface area contributed by atoms with Gasteiger partial charge in [0.1, 0.15) is 5.75 Å². The zero-order valence-corrected chi connectivity index (χ0v) is 17.1. The summed E-state index contributed by atoms with van der Waals surface area (Å²) in [5.41, 5.74) is 2.53. The van der Waals surface area contributed by atoms with Crippen molar-refractivity contribution in [2.75, 3.05) is 24.5 Å². The monoisotopic (exact) mass is 436 g/mol. The molecule has 0 atom stereocenters. The first-order valence-electron chi connectivity index (χ1n) is 9.88. The molecule has 1 saturated heterocycles. The van der Waals surface area contributed by atoms with E-state index in [9.17, 15) is 13.2 Å². The van der Waals surface area contributed by atoms with Crippen LogP contribution in [-0.2, 0) is 17.3 Å². The molecule has 0 spiro atoms. The Balaban J connectivity index is 1.34. The van der Waals surface area contributed by atoms with E-state index >= 15 is 0 Å². The molecule has 160 valence electrons. The summed E-state index contributed by atoms with van der Waals surface area (Å²) >= 11 is 1.74. The first-order valence-corrected chi connectivity index (χ1v) is 10.8. The highest BCUT2D eigenvalue weighted by molar-refractivity contribution is 8.01. The number of benzene rings is 2. The second-order valence-electron chi connectivity index (χ2n) is 7.23. The fraction of sp³-hybridized carbons (Fsp3) is 0.364. The molecule has 0 saturated carbocycles. The number of fused-ring (bicyclic) bond motifs is 1. The number of halogens is 3. The number of nitrogens with one attached hydrogen (secondary N) is 2. The van der Waals surface area contributed by atoms with Crippen molar-refractivity contribution in [3.63, 3.8) is 0 Å². The number of ether oxygens (including phenoxy) is 2. The number of rotatable bonds is 7. The highest BCUT2D eigenvalue weighted by Gasteiger charge is 2.30. The molecule has 2 heterocycles. The lowest BCUT2D eigenvalue weighted by atomic mass is 10.1. The van der Waals surface area contributed by atoms with Crippen LogP contribution in [0.4, 0.5) is 18.9 Å². The summed E-state index contributed by atoms with van der Waals surface area (Å²) in [6.45, 7) is 2.02. The van der Waals surface area contributed by atoms with Crippen molar-refractivity contribution < 1.29 is 22.6 Å². The van der Waals surface area contributed by atoms with Gasteiger partial charge in [-0.25, -0.2) is 0 Å². The van der Waals surface area contributed by atoms with Crippen LogP contribution in [0, 0.1) is 0 Å². The van der Waals surface area contributed by atoms with E-state index in [4.69, 9.17) is 9.47 Å². The van der Waals surface area contributed by atoms with Crippen LogP contribution in [0.1, 0.15) is 24.0 Å². The van der Waals surface area contributed by atoms with Gasteiger partial charge in [0.25, 0.3) is 0 Å². The number of aromatic amines is 1. The highest BCUT2D eigenvalue weighted by atomic mass is 32.2. The lowest BCUT2D eigenvalue weighted by Crippen LogP contribution is -2.18. The first kappa shape index (κ1) is 20.9. The van der Waals surface area contributed by atoms with Gasteiger partial charge < -0.3 is 19.2 Å². The summed E-state index contributed by atoms with van der Waals surface area (Å²) in [5.74, 6) is 0.431. The van der Waals surface area contributed by atoms with Crippen LogP contribution in [0.2, 0.25) is 0 Å². The molecule has 0 aliphatic carbocycles. The van der Waals surface area contributed by atoms with Crippen LogP contribution in [0.5, 0.6) is 5.75 Å². The fourth-order valence-corrected chi connectivity index (χ4v) is 4.27. The van der Waals surface area contributed by atoms with E-state index in [0.29, 0.717) is 24.0 Å². The standard InChI is InChI=1S/C22H23F3N2O2S/c23-22(24,25)16-2-4-17(5-3-16)29-12-7-15-1-6-20-19(13-15)21(14-26-20)27-30-18-8-10-28-11-9-18/h1-6,13-14,18,26-27H,7-12H2. The SMILES string of the molecule is FC(F)(F)c1ccc(OCCc2ccc3[nH]cc(NSC4CCOCC4)c3c2)cc1. The van der Waals surface area contributed by atoms with E-state index in [1.165, 1.54) is 12.1 Å². The van der Waals surface area contributed by atoms with Gasteiger partial charge in [-0.1, -0.05) is 6.07 Å². The Morgan fingerprint density at radius 2 is 1.87 bits per heavy atom. The normalized spacial score (nSPS) is 15.4. The predicted molar refractivity (Wildman–Crippen MR) is 114 cm³/mol. The fourth-order valence-electron chi connectivity index (χ4n) is 3.38. The van der Waals surface area contributed by atoms with Gasteiger partial charge >= 0.3 is 6.18 Å². The molecule has 30 heavy (non-hydrogen) atoms. The summed E-state index contributed by atoms with van der Waals surface area (Å²) in [4.78, 5) is 3.28. The molecule has 2 aromatic carbocycles. The van der Waals surface area contributed by atoms with Gasteiger partial charge in [0.05, 0.1) is 17.9 Å². The van der Waals surface area contributed by atoms with Crippen molar-refractivity contribution >= 4 is 28.5 Å². The third-order valence-electron chi connectivity index (χ3n) is 5.09. The predicted octanol–water partition coefficient (Wildman–Crippen LogP) is 6.05. The van der Waals surface area contributed by atoms with Gasteiger partial charge in [-0.2, -0.15) is 13.2 Å². The number of hydrogen-bond donors (Lipinski definition) is 2. The van der Waals surface area contributed by atoms with Gasteiger partial charge in [-0.05, 0) is 66.8 Å². The molecule has 3 aromatic rings. The summed E-state index contributed by atoms with van der Waals surface area (Å²) in [6, 6.07) is 11.0. The molecular weight excluding hydrogens is 413 g/mol. The maximum absolute atomic E-state index is 12.6. The Kier molecular flexibility index (Phi) is 6.43. The number of H-pyrrole nitrogens is 1. The summed E-state index contributed by atoms with van der Waals surface area (Å²) in [7, 11) is 0. The molecule has 1 aliphatic rings. The number of aromatic nitrogens is 1. The maximum Gasteiger partial charge on any atom is 0.416 e. The molecule has 0 radical (unpaired) electrons. The Morgan fingerprint density at radius 3 is 2.60 bits per heavy atom. The quantitative estimate of drug-likeness (QED) is 0.443. The minimum absolute atomic E-state index is 0.390. The summed E-state index contributed by atoms with van der Waals surface area (Å²) < 4.78 is 52.4. The van der Waals surface area contributed by atoms with Crippen molar-refractivity contribution in [1.82, 2.24) is 4.98 Å². The number of anilines is 1. The molecule has 2 N–H and O–H groups in total. The van der Waals surface area contributed by atoms with Crippen molar-refractivity contribution in [1.29, 1.82) is 0 Å². The van der Waals surface area contributed by atoms with Crippen molar-refractivity contribution in [3.8, 4) is 5.75 Å². The van der Waals surface area contributed by atoms with E-state index in [1.807, 2.05) is 18.3 Å². The van der Waals surface area contributed by atoms with E-state index in [-0.39, 0.29) is 0 Å². The van der Waals surface area contributed by atoms with Gasteiger partial charge in [0.15, 0.2) is 0 Å². The summed E-state index contributed by atoms with van der Waals surface area (Å²) in [6.07, 6.45) is 0.395. The summed E-state index contributed by atoms with van der Waals surface area (Å²) in [5, 5.41) is 1.66. The highest BCUT2D eigenvalue weighted by Crippen LogP contribution is 2.31. The van der Waals surface area contributed by atoms with E-state index in [2.05, 4.69) is 15.8 Å². The van der Waals surface area contributed by atoms with Crippen LogP contribution in [0.25, 0.3) is 10.9 Å². The zero-order chi connectivity index (χ0) is 21.0. The second-order valence-corrected chi connectivity index (χ2v) is 8.34. The smallest absolute Gasteiger partial charge is 0.416 e. The van der Waals surface area contributed by atoms with Crippen molar-refractivity contribution in [2.24, 2.45) is 0 Å². The topological polar surface area (TPSA) is 46.3 Å². The largest absolute Gasteiger partial charge is 0.493 e. The van der Waals surface area contributed by atoms with Gasteiger partial charge in [0, 0.05) is 42.0 Å². The maximum atomic E-state index is 12.6. The van der Waals surface area contributed by atoms with Crippen LogP contribution < -0.4 is 9.46 Å². The van der Waals surface area contributed by atoms with Gasteiger partial charge in [-0.3, -0.25) is 0 Å². The van der Waals surface area contributed by atoms with Crippen LogP contribution in [-0.4, -0.2) is 30.1 Å². The van der Waals surface area contributed by atoms with Crippen molar-refractivity contribution in [2.45, 2.75) is 30.7 Å². The molecule has 0 unspecified atom stereocenters. The van der Waals surface area contributed by atoms with E-state index in [0.717, 1.165) is 60.3 Å². The molecular formula is C22H23F3N2O2S. The Labute approximate surface area is 177 Å². The number of alkyl halides is 3.